The van der Waals surface area contributed by atoms with Gasteiger partial charge in [-0.25, -0.2) is 4.99 Å². The minimum absolute atomic E-state index is 0.454. The van der Waals surface area contributed by atoms with Crippen molar-refractivity contribution in [3.8, 4) is 5.75 Å². The fourth-order valence-corrected chi connectivity index (χ4v) is 2.53. The smallest absolute Gasteiger partial charge is 0.146 e. The quantitative estimate of drug-likeness (QED) is 0.942. The van der Waals surface area contributed by atoms with E-state index in [0.717, 1.165) is 40.6 Å². The number of hydrogen-bond acceptors (Lipinski definition) is 5. The summed E-state index contributed by atoms with van der Waals surface area (Å²) in [5, 5.41) is 4.49. The Morgan fingerprint density at radius 1 is 1.27 bits per heavy atom. The number of nitrogens with zero attached hydrogens (tertiary/aromatic N) is 4. The third-order valence-electron chi connectivity index (χ3n) is 3.71. The van der Waals surface area contributed by atoms with Crippen LogP contribution in [0.1, 0.15) is 23.9 Å². The van der Waals surface area contributed by atoms with Crippen molar-refractivity contribution >= 4 is 17.2 Å². The van der Waals surface area contributed by atoms with E-state index in [-0.39, 0.29) is 0 Å². The Bertz CT molecular complexity index is 756. The Kier molecular flexibility index (Phi) is 3.66. The number of hydrogen-bond donors (Lipinski definition) is 1. The van der Waals surface area contributed by atoms with Gasteiger partial charge in [0.2, 0.25) is 0 Å². The first-order valence-electron chi connectivity index (χ1n) is 7.23. The SMILES string of the molecule is CCn1nc(C)c2c1C(N)=NCC(c1ccc(OC)cc1)=N2. The lowest BCUT2D eigenvalue weighted by Crippen LogP contribution is -2.19. The Hall–Kier alpha value is -2.63. The van der Waals surface area contributed by atoms with Gasteiger partial charge in [0.15, 0.2) is 0 Å². The van der Waals surface area contributed by atoms with Crippen LogP contribution in [0.25, 0.3) is 0 Å². The molecule has 1 aromatic carbocycles. The molecule has 22 heavy (non-hydrogen) atoms. The number of ether oxygens (including phenoxy) is 1. The molecule has 0 radical (unpaired) electrons. The van der Waals surface area contributed by atoms with E-state index in [1.54, 1.807) is 7.11 Å². The lowest BCUT2D eigenvalue weighted by molar-refractivity contribution is 0.415. The van der Waals surface area contributed by atoms with Crippen LogP contribution in [-0.2, 0) is 6.54 Å². The number of nitrogens with two attached hydrogens (primary N) is 1. The molecule has 0 spiro atoms. The van der Waals surface area contributed by atoms with Gasteiger partial charge < -0.3 is 10.5 Å². The summed E-state index contributed by atoms with van der Waals surface area (Å²) in [5.74, 6) is 1.31. The van der Waals surface area contributed by atoms with Gasteiger partial charge in [0.05, 0.1) is 25.1 Å². The van der Waals surface area contributed by atoms with Gasteiger partial charge in [-0.15, -0.1) is 0 Å². The fraction of sp³-hybridized carbons (Fsp3) is 0.312. The molecule has 0 saturated heterocycles. The Morgan fingerprint density at radius 3 is 2.64 bits per heavy atom. The zero-order valence-corrected chi connectivity index (χ0v) is 13.0. The van der Waals surface area contributed by atoms with Gasteiger partial charge in [0.1, 0.15) is 23.0 Å². The standard InChI is InChI=1S/C16H19N5O/c1-4-21-15-14(10(2)20-21)19-13(9-18-16(15)17)11-5-7-12(22-3)8-6-11/h5-8H,4,9H2,1-3H3,(H2,17,18). The number of amidine groups is 1. The molecular formula is C16H19N5O. The predicted octanol–water partition coefficient (Wildman–Crippen LogP) is 2.06. The van der Waals surface area contributed by atoms with Gasteiger partial charge in [-0.05, 0) is 43.7 Å². The molecule has 1 aromatic heterocycles. The lowest BCUT2D eigenvalue weighted by Gasteiger charge is -2.04. The van der Waals surface area contributed by atoms with Gasteiger partial charge >= 0.3 is 0 Å². The van der Waals surface area contributed by atoms with E-state index in [2.05, 4.69) is 10.1 Å². The summed E-state index contributed by atoms with van der Waals surface area (Å²) < 4.78 is 7.04. The first-order valence-corrected chi connectivity index (χ1v) is 7.23. The van der Waals surface area contributed by atoms with E-state index in [0.29, 0.717) is 12.4 Å². The van der Waals surface area contributed by atoms with Crippen LogP contribution in [0.5, 0.6) is 5.75 Å². The minimum Gasteiger partial charge on any atom is -0.497 e. The van der Waals surface area contributed by atoms with Crippen LogP contribution < -0.4 is 10.5 Å². The molecule has 0 fully saturated rings. The van der Waals surface area contributed by atoms with Crippen molar-refractivity contribution in [1.82, 2.24) is 9.78 Å². The number of aromatic nitrogens is 2. The highest BCUT2D eigenvalue weighted by Gasteiger charge is 2.21. The van der Waals surface area contributed by atoms with Gasteiger partial charge in [-0.2, -0.15) is 5.10 Å². The van der Waals surface area contributed by atoms with Gasteiger partial charge in [0, 0.05) is 6.54 Å². The highest BCUT2D eigenvalue weighted by Crippen LogP contribution is 2.27. The third-order valence-corrected chi connectivity index (χ3v) is 3.71. The van der Waals surface area contributed by atoms with Crippen LogP contribution in [-0.4, -0.2) is 35.0 Å². The summed E-state index contributed by atoms with van der Waals surface area (Å²) in [7, 11) is 1.65. The lowest BCUT2D eigenvalue weighted by atomic mass is 10.1. The summed E-state index contributed by atoms with van der Waals surface area (Å²) in [5.41, 5.74) is 10.5. The average molecular weight is 297 g/mol. The number of benzene rings is 1. The van der Waals surface area contributed by atoms with E-state index in [1.807, 2.05) is 42.8 Å². The molecule has 1 aliphatic rings. The number of aliphatic imine (C=N–C) groups is 2. The Labute approximate surface area is 129 Å². The summed E-state index contributed by atoms with van der Waals surface area (Å²) >= 11 is 0. The van der Waals surface area contributed by atoms with Crippen molar-refractivity contribution in [2.75, 3.05) is 13.7 Å². The second-order valence-corrected chi connectivity index (χ2v) is 5.09. The first-order chi connectivity index (χ1) is 10.6. The van der Waals surface area contributed by atoms with E-state index < -0.39 is 0 Å². The van der Waals surface area contributed by atoms with Crippen molar-refractivity contribution < 1.29 is 4.74 Å². The van der Waals surface area contributed by atoms with Crippen molar-refractivity contribution in [3.05, 3.63) is 41.2 Å². The van der Waals surface area contributed by atoms with Crippen molar-refractivity contribution in [3.63, 3.8) is 0 Å². The average Bonchev–Trinajstić information content (AvgIpc) is 2.75. The molecule has 2 N–H and O–H groups in total. The molecule has 6 heteroatoms. The highest BCUT2D eigenvalue weighted by atomic mass is 16.5. The monoisotopic (exact) mass is 297 g/mol. The number of methoxy groups -OCH3 is 1. The zero-order chi connectivity index (χ0) is 15.7. The molecule has 0 aliphatic carbocycles. The van der Waals surface area contributed by atoms with Crippen LogP contribution in [0.3, 0.4) is 0 Å². The molecular weight excluding hydrogens is 278 g/mol. The number of fused-ring (bicyclic) bond motifs is 1. The van der Waals surface area contributed by atoms with Crippen LogP contribution in [0.15, 0.2) is 34.3 Å². The minimum atomic E-state index is 0.454. The largest absolute Gasteiger partial charge is 0.497 e. The Morgan fingerprint density at radius 2 is 2.00 bits per heavy atom. The maximum Gasteiger partial charge on any atom is 0.146 e. The van der Waals surface area contributed by atoms with E-state index in [4.69, 9.17) is 15.5 Å². The second-order valence-electron chi connectivity index (χ2n) is 5.09. The second kappa shape index (κ2) is 5.63. The number of aryl methyl sites for hydroxylation is 2. The van der Waals surface area contributed by atoms with Crippen LogP contribution in [0, 0.1) is 6.92 Å². The van der Waals surface area contributed by atoms with E-state index >= 15 is 0 Å². The summed E-state index contributed by atoms with van der Waals surface area (Å²) in [6.07, 6.45) is 0. The molecule has 0 unspecified atom stereocenters. The molecule has 3 rings (SSSR count). The first kappa shape index (κ1) is 14.3. The maximum atomic E-state index is 6.12. The fourth-order valence-electron chi connectivity index (χ4n) is 2.53. The molecule has 0 bridgehead atoms. The van der Waals surface area contributed by atoms with Gasteiger partial charge in [-0.3, -0.25) is 9.67 Å². The predicted molar refractivity (Wildman–Crippen MR) is 87.4 cm³/mol. The zero-order valence-electron chi connectivity index (χ0n) is 13.0. The maximum absolute atomic E-state index is 6.12. The molecule has 6 nitrogen and oxygen atoms in total. The van der Waals surface area contributed by atoms with Crippen molar-refractivity contribution in [2.24, 2.45) is 15.7 Å². The van der Waals surface area contributed by atoms with Crippen LogP contribution in [0.2, 0.25) is 0 Å². The third kappa shape index (κ3) is 2.36. The van der Waals surface area contributed by atoms with E-state index in [9.17, 15) is 0 Å². The molecule has 2 aromatic rings. The Balaban J connectivity index is 2.10. The van der Waals surface area contributed by atoms with Gasteiger partial charge in [-0.1, -0.05) is 0 Å². The van der Waals surface area contributed by atoms with Crippen molar-refractivity contribution in [2.45, 2.75) is 20.4 Å². The normalized spacial score (nSPS) is 14.0. The molecule has 0 amide bonds. The molecule has 0 saturated carbocycles. The molecule has 0 atom stereocenters. The molecule has 2 heterocycles. The number of rotatable bonds is 3. The topological polar surface area (TPSA) is 77.8 Å². The summed E-state index contributed by atoms with van der Waals surface area (Å²) in [4.78, 5) is 9.24. The van der Waals surface area contributed by atoms with Crippen LogP contribution in [0.4, 0.5) is 5.69 Å². The molecule has 1 aliphatic heterocycles. The highest BCUT2D eigenvalue weighted by molar-refractivity contribution is 6.10. The summed E-state index contributed by atoms with van der Waals surface area (Å²) in [6.45, 7) is 5.16. The van der Waals surface area contributed by atoms with Crippen molar-refractivity contribution in [1.29, 1.82) is 0 Å². The van der Waals surface area contributed by atoms with E-state index in [1.165, 1.54) is 0 Å². The van der Waals surface area contributed by atoms with Gasteiger partial charge in [0.25, 0.3) is 0 Å². The van der Waals surface area contributed by atoms with Crippen LogP contribution >= 0.6 is 0 Å². The molecule has 114 valence electrons. The summed E-state index contributed by atoms with van der Waals surface area (Å²) in [6, 6.07) is 7.79.